The van der Waals surface area contributed by atoms with E-state index in [1.54, 1.807) is 0 Å². The normalized spacial score (nSPS) is 15.0. The predicted molar refractivity (Wildman–Crippen MR) is 92.1 cm³/mol. The third-order valence-electron chi connectivity index (χ3n) is 4.08. The summed E-state index contributed by atoms with van der Waals surface area (Å²) in [6, 6.07) is 8.33. The molecular weight excluding hydrogens is 296 g/mol. The number of anilines is 3. The van der Waals surface area contributed by atoms with Gasteiger partial charge < -0.3 is 10.6 Å². The van der Waals surface area contributed by atoms with Crippen LogP contribution in [0.2, 0.25) is 5.02 Å². The highest BCUT2D eigenvalue weighted by Gasteiger charge is 2.15. The van der Waals surface area contributed by atoms with Gasteiger partial charge in [0.1, 0.15) is 17.5 Å². The van der Waals surface area contributed by atoms with Crippen LogP contribution in [0.15, 0.2) is 24.3 Å². The maximum atomic E-state index is 6.17. The summed E-state index contributed by atoms with van der Waals surface area (Å²) in [4.78, 5) is 8.96. The van der Waals surface area contributed by atoms with E-state index in [-0.39, 0.29) is 0 Å². The molecular formula is C17H21ClN4. The lowest BCUT2D eigenvalue weighted by Gasteiger charge is -2.15. The third kappa shape index (κ3) is 3.50. The molecule has 0 bridgehead atoms. The highest BCUT2D eigenvalue weighted by Crippen LogP contribution is 2.27. The van der Waals surface area contributed by atoms with Crippen molar-refractivity contribution in [2.45, 2.75) is 45.6 Å². The van der Waals surface area contributed by atoms with E-state index in [4.69, 9.17) is 11.6 Å². The minimum Gasteiger partial charge on any atom is -0.367 e. The Morgan fingerprint density at radius 1 is 1.09 bits per heavy atom. The van der Waals surface area contributed by atoms with Crippen molar-refractivity contribution in [1.29, 1.82) is 0 Å². The standard InChI is InChI=1S/C17H21ClN4/c1-11-14(18)8-5-9-15(11)22-17-10-16(19-12(2)20-17)21-13-6-3-4-7-13/h5,8-10,13H,3-4,6-7H2,1-2H3,(H2,19,20,21,22). The van der Waals surface area contributed by atoms with Crippen molar-refractivity contribution in [3.63, 3.8) is 0 Å². The first-order valence-corrected chi connectivity index (χ1v) is 8.14. The molecule has 5 heteroatoms. The number of hydrogen-bond acceptors (Lipinski definition) is 4. The van der Waals surface area contributed by atoms with E-state index in [1.165, 1.54) is 25.7 Å². The number of aromatic nitrogens is 2. The molecule has 1 aliphatic rings. The van der Waals surface area contributed by atoms with Crippen LogP contribution in [-0.2, 0) is 0 Å². The first-order valence-electron chi connectivity index (χ1n) is 7.76. The van der Waals surface area contributed by atoms with Crippen LogP contribution in [0, 0.1) is 13.8 Å². The average molecular weight is 317 g/mol. The summed E-state index contributed by atoms with van der Waals surface area (Å²) in [6.07, 6.45) is 5.04. The second-order valence-electron chi connectivity index (χ2n) is 5.85. The molecule has 1 fully saturated rings. The first kappa shape index (κ1) is 15.1. The SMILES string of the molecule is Cc1nc(Nc2cccc(Cl)c2C)cc(NC2CCCC2)n1. The van der Waals surface area contributed by atoms with E-state index in [0.29, 0.717) is 6.04 Å². The maximum Gasteiger partial charge on any atom is 0.136 e. The van der Waals surface area contributed by atoms with Crippen LogP contribution in [0.4, 0.5) is 17.3 Å². The summed E-state index contributed by atoms with van der Waals surface area (Å²) < 4.78 is 0. The van der Waals surface area contributed by atoms with Crippen LogP contribution >= 0.6 is 11.6 Å². The number of aryl methyl sites for hydroxylation is 1. The van der Waals surface area contributed by atoms with Gasteiger partial charge in [0.15, 0.2) is 0 Å². The fourth-order valence-corrected chi connectivity index (χ4v) is 3.04. The zero-order valence-corrected chi connectivity index (χ0v) is 13.7. The van der Waals surface area contributed by atoms with E-state index in [2.05, 4.69) is 20.6 Å². The second kappa shape index (κ2) is 6.53. The molecule has 0 atom stereocenters. The van der Waals surface area contributed by atoms with Crippen molar-refractivity contribution in [3.05, 3.63) is 40.7 Å². The number of nitrogens with one attached hydrogen (secondary N) is 2. The number of rotatable bonds is 4. The largest absolute Gasteiger partial charge is 0.367 e. The molecule has 0 unspecified atom stereocenters. The zero-order valence-electron chi connectivity index (χ0n) is 13.0. The minimum atomic E-state index is 0.537. The molecule has 1 heterocycles. The number of halogens is 1. The third-order valence-corrected chi connectivity index (χ3v) is 4.49. The van der Waals surface area contributed by atoms with Crippen molar-refractivity contribution in [1.82, 2.24) is 9.97 Å². The predicted octanol–water partition coefficient (Wildman–Crippen LogP) is 4.84. The second-order valence-corrected chi connectivity index (χ2v) is 6.26. The first-order chi connectivity index (χ1) is 10.6. The van der Waals surface area contributed by atoms with Gasteiger partial charge in [-0.25, -0.2) is 9.97 Å². The van der Waals surface area contributed by atoms with Crippen LogP contribution < -0.4 is 10.6 Å². The summed E-state index contributed by atoms with van der Waals surface area (Å²) in [5.74, 6) is 2.44. The van der Waals surface area contributed by atoms with Crippen molar-refractivity contribution in [2.24, 2.45) is 0 Å². The Labute approximate surface area is 136 Å². The Morgan fingerprint density at radius 3 is 2.59 bits per heavy atom. The number of hydrogen-bond donors (Lipinski definition) is 2. The summed E-state index contributed by atoms with van der Waals surface area (Å²) in [5.41, 5.74) is 1.99. The molecule has 1 aromatic carbocycles. The Kier molecular flexibility index (Phi) is 4.48. The number of nitrogens with zero attached hydrogens (tertiary/aromatic N) is 2. The van der Waals surface area contributed by atoms with Crippen LogP contribution in [0.3, 0.4) is 0 Å². The highest BCUT2D eigenvalue weighted by atomic mass is 35.5. The lowest BCUT2D eigenvalue weighted by Crippen LogP contribution is -2.16. The molecule has 22 heavy (non-hydrogen) atoms. The Morgan fingerprint density at radius 2 is 1.82 bits per heavy atom. The van der Waals surface area contributed by atoms with Crippen LogP contribution in [0.5, 0.6) is 0 Å². The molecule has 2 N–H and O–H groups in total. The topological polar surface area (TPSA) is 49.8 Å². The van der Waals surface area contributed by atoms with Gasteiger partial charge in [0, 0.05) is 22.8 Å². The van der Waals surface area contributed by atoms with Gasteiger partial charge in [0.05, 0.1) is 0 Å². The molecule has 0 radical (unpaired) electrons. The van der Waals surface area contributed by atoms with Crippen molar-refractivity contribution >= 4 is 28.9 Å². The van der Waals surface area contributed by atoms with Crippen molar-refractivity contribution in [3.8, 4) is 0 Å². The zero-order chi connectivity index (χ0) is 15.5. The molecule has 0 aliphatic heterocycles. The highest BCUT2D eigenvalue weighted by molar-refractivity contribution is 6.31. The van der Waals surface area contributed by atoms with Gasteiger partial charge in [0.25, 0.3) is 0 Å². The number of benzene rings is 1. The molecule has 1 aliphatic carbocycles. The molecule has 1 aromatic heterocycles. The Hall–Kier alpha value is -1.81. The van der Waals surface area contributed by atoms with E-state index < -0.39 is 0 Å². The summed E-state index contributed by atoms with van der Waals surface area (Å²) in [6.45, 7) is 3.91. The van der Waals surface area contributed by atoms with Gasteiger partial charge in [-0.15, -0.1) is 0 Å². The Bertz CT molecular complexity index is 666. The van der Waals surface area contributed by atoms with Crippen molar-refractivity contribution < 1.29 is 0 Å². The van der Waals surface area contributed by atoms with E-state index in [9.17, 15) is 0 Å². The van der Waals surface area contributed by atoms with Gasteiger partial charge in [-0.2, -0.15) is 0 Å². The van der Waals surface area contributed by atoms with E-state index in [0.717, 1.165) is 33.7 Å². The van der Waals surface area contributed by atoms with Crippen LogP contribution in [-0.4, -0.2) is 16.0 Å². The molecule has 3 rings (SSSR count). The fourth-order valence-electron chi connectivity index (χ4n) is 2.87. The fraction of sp³-hybridized carbons (Fsp3) is 0.412. The lowest BCUT2D eigenvalue weighted by molar-refractivity contribution is 0.748. The van der Waals surface area contributed by atoms with E-state index in [1.807, 2.05) is 38.1 Å². The van der Waals surface area contributed by atoms with Gasteiger partial charge in [-0.05, 0) is 44.4 Å². The van der Waals surface area contributed by atoms with Crippen LogP contribution in [0.25, 0.3) is 0 Å². The molecule has 0 amide bonds. The lowest BCUT2D eigenvalue weighted by atomic mass is 10.2. The van der Waals surface area contributed by atoms with Gasteiger partial charge in [-0.3, -0.25) is 0 Å². The van der Waals surface area contributed by atoms with Gasteiger partial charge >= 0.3 is 0 Å². The quantitative estimate of drug-likeness (QED) is 0.847. The van der Waals surface area contributed by atoms with Crippen molar-refractivity contribution in [2.75, 3.05) is 10.6 Å². The molecule has 0 spiro atoms. The van der Waals surface area contributed by atoms with Crippen LogP contribution in [0.1, 0.15) is 37.1 Å². The molecule has 116 valence electrons. The summed E-state index contributed by atoms with van der Waals surface area (Å²) >= 11 is 6.17. The minimum absolute atomic E-state index is 0.537. The summed E-state index contributed by atoms with van der Waals surface area (Å²) in [5, 5.41) is 7.61. The molecule has 0 saturated heterocycles. The van der Waals surface area contributed by atoms with Gasteiger partial charge in [0.2, 0.25) is 0 Å². The molecule has 1 saturated carbocycles. The summed E-state index contributed by atoms with van der Waals surface area (Å²) in [7, 11) is 0. The monoisotopic (exact) mass is 316 g/mol. The average Bonchev–Trinajstić information content (AvgIpc) is 2.96. The Balaban J connectivity index is 1.81. The smallest absolute Gasteiger partial charge is 0.136 e. The van der Waals surface area contributed by atoms with E-state index >= 15 is 0 Å². The van der Waals surface area contributed by atoms with Gasteiger partial charge in [-0.1, -0.05) is 30.5 Å². The maximum absolute atomic E-state index is 6.17. The molecule has 2 aromatic rings. The molecule has 4 nitrogen and oxygen atoms in total.